The summed E-state index contributed by atoms with van der Waals surface area (Å²) in [5.41, 5.74) is 4.95. The third-order valence-electron chi connectivity index (χ3n) is 4.18. The second-order valence-electron chi connectivity index (χ2n) is 6.19. The molecule has 1 fully saturated rings. The summed E-state index contributed by atoms with van der Waals surface area (Å²) in [4.78, 5) is 9.19. The van der Waals surface area contributed by atoms with Gasteiger partial charge in [0.25, 0.3) is 0 Å². The van der Waals surface area contributed by atoms with E-state index in [-0.39, 0.29) is 0 Å². The van der Waals surface area contributed by atoms with Gasteiger partial charge in [-0.1, -0.05) is 53.8 Å². The molecule has 1 aliphatic carbocycles. The SMILES string of the molecule is Cc1cc(C)cc(Cc2nc(Cl)cc(C3CCCC3)n2)c1. The van der Waals surface area contributed by atoms with Crippen LogP contribution in [-0.2, 0) is 6.42 Å². The number of aromatic nitrogens is 2. The normalized spacial score (nSPS) is 15.6. The second-order valence-corrected chi connectivity index (χ2v) is 6.57. The minimum atomic E-state index is 0.573. The van der Waals surface area contributed by atoms with Crippen LogP contribution in [0.25, 0.3) is 0 Å². The molecule has 1 heterocycles. The fourth-order valence-corrected chi connectivity index (χ4v) is 3.56. The van der Waals surface area contributed by atoms with Gasteiger partial charge in [0.15, 0.2) is 0 Å². The standard InChI is InChI=1S/C18H21ClN2/c1-12-7-13(2)9-14(8-12)10-18-20-16(11-17(19)21-18)15-5-3-4-6-15/h7-9,11,15H,3-6,10H2,1-2H3. The molecular formula is C18H21ClN2. The van der Waals surface area contributed by atoms with Crippen LogP contribution in [0.4, 0.5) is 0 Å². The molecule has 0 saturated heterocycles. The molecule has 0 aliphatic heterocycles. The van der Waals surface area contributed by atoms with Gasteiger partial charge in [0.05, 0.1) is 0 Å². The van der Waals surface area contributed by atoms with E-state index in [9.17, 15) is 0 Å². The monoisotopic (exact) mass is 300 g/mol. The maximum atomic E-state index is 6.21. The lowest BCUT2D eigenvalue weighted by atomic mass is 10.0. The Labute approximate surface area is 131 Å². The first kappa shape index (κ1) is 14.5. The average Bonchev–Trinajstić information content (AvgIpc) is 2.90. The Kier molecular flexibility index (Phi) is 4.25. The molecule has 3 heteroatoms. The molecule has 110 valence electrons. The second kappa shape index (κ2) is 6.15. The zero-order chi connectivity index (χ0) is 14.8. The predicted molar refractivity (Wildman–Crippen MR) is 87.0 cm³/mol. The van der Waals surface area contributed by atoms with Crippen LogP contribution in [0.3, 0.4) is 0 Å². The zero-order valence-corrected chi connectivity index (χ0v) is 13.5. The van der Waals surface area contributed by atoms with Gasteiger partial charge < -0.3 is 0 Å². The maximum Gasteiger partial charge on any atom is 0.134 e. The number of hydrogen-bond donors (Lipinski definition) is 0. The smallest absolute Gasteiger partial charge is 0.134 e. The van der Waals surface area contributed by atoms with Gasteiger partial charge in [-0.05, 0) is 38.3 Å². The molecule has 1 aromatic carbocycles. The number of rotatable bonds is 3. The molecule has 1 saturated carbocycles. The Morgan fingerprint density at radius 2 is 1.67 bits per heavy atom. The van der Waals surface area contributed by atoms with Gasteiger partial charge >= 0.3 is 0 Å². The van der Waals surface area contributed by atoms with Gasteiger partial charge in [0.2, 0.25) is 0 Å². The summed E-state index contributed by atoms with van der Waals surface area (Å²) in [6.07, 6.45) is 5.83. The molecular weight excluding hydrogens is 280 g/mol. The van der Waals surface area contributed by atoms with E-state index >= 15 is 0 Å². The van der Waals surface area contributed by atoms with Crippen molar-refractivity contribution in [2.24, 2.45) is 0 Å². The first-order valence-corrected chi connectivity index (χ1v) is 8.08. The van der Waals surface area contributed by atoms with E-state index in [4.69, 9.17) is 16.6 Å². The molecule has 0 unspecified atom stereocenters. The van der Waals surface area contributed by atoms with Crippen LogP contribution in [0, 0.1) is 13.8 Å². The summed E-state index contributed by atoms with van der Waals surface area (Å²) in [7, 11) is 0. The number of aryl methyl sites for hydroxylation is 2. The zero-order valence-electron chi connectivity index (χ0n) is 12.7. The van der Waals surface area contributed by atoms with Crippen molar-refractivity contribution in [1.29, 1.82) is 0 Å². The number of nitrogens with zero attached hydrogens (tertiary/aromatic N) is 2. The quantitative estimate of drug-likeness (QED) is 0.746. The summed E-state index contributed by atoms with van der Waals surface area (Å²) >= 11 is 6.21. The van der Waals surface area contributed by atoms with Crippen LogP contribution in [0.1, 0.15) is 59.8 Å². The highest BCUT2D eigenvalue weighted by Crippen LogP contribution is 2.33. The molecule has 0 amide bonds. The van der Waals surface area contributed by atoms with E-state index in [1.54, 1.807) is 0 Å². The Morgan fingerprint density at radius 3 is 2.33 bits per heavy atom. The van der Waals surface area contributed by atoms with Gasteiger partial charge in [-0.15, -0.1) is 0 Å². The molecule has 0 bridgehead atoms. The fourth-order valence-electron chi connectivity index (χ4n) is 3.35. The van der Waals surface area contributed by atoms with E-state index in [1.807, 2.05) is 6.07 Å². The minimum absolute atomic E-state index is 0.573. The number of halogens is 1. The van der Waals surface area contributed by atoms with Crippen LogP contribution in [-0.4, -0.2) is 9.97 Å². The Bertz CT molecular complexity index is 625. The minimum Gasteiger partial charge on any atom is -0.237 e. The maximum absolute atomic E-state index is 6.21. The summed E-state index contributed by atoms with van der Waals surface area (Å²) in [5, 5.41) is 0.575. The van der Waals surface area contributed by atoms with E-state index in [1.165, 1.54) is 42.4 Å². The Morgan fingerprint density at radius 1 is 1.00 bits per heavy atom. The molecule has 1 aromatic heterocycles. The van der Waals surface area contributed by atoms with Crippen molar-refractivity contribution in [3.05, 3.63) is 57.6 Å². The molecule has 0 spiro atoms. The molecule has 0 radical (unpaired) electrons. The van der Waals surface area contributed by atoms with Crippen LogP contribution in [0.15, 0.2) is 24.3 Å². The summed E-state index contributed by atoms with van der Waals surface area (Å²) in [6.45, 7) is 4.25. The van der Waals surface area contributed by atoms with Crippen molar-refractivity contribution in [1.82, 2.24) is 9.97 Å². The van der Waals surface area contributed by atoms with Gasteiger partial charge in [-0.25, -0.2) is 9.97 Å². The lowest BCUT2D eigenvalue weighted by Crippen LogP contribution is -2.04. The Hall–Kier alpha value is -1.41. The third kappa shape index (κ3) is 3.62. The lowest BCUT2D eigenvalue weighted by molar-refractivity contribution is 0.686. The molecule has 0 N–H and O–H groups in total. The average molecular weight is 301 g/mol. The van der Waals surface area contributed by atoms with Crippen LogP contribution in [0.5, 0.6) is 0 Å². The van der Waals surface area contributed by atoms with Crippen molar-refractivity contribution in [3.63, 3.8) is 0 Å². The molecule has 21 heavy (non-hydrogen) atoms. The van der Waals surface area contributed by atoms with Crippen molar-refractivity contribution in [3.8, 4) is 0 Å². The van der Waals surface area contributed by atoms with Crippen molar-refractivity contribution in [2.75, 3.05) is 0 Å². The lowest BCUT2D eigenvalue weighted by Gasteiger charge is -2.11. The molecule has 3 rings (SSSR count). The highest BCUT2D eigenvalue weighted by molar-refractivity contribution is 6.29. The van der Waals surface area contributed by atoms with Gasteiger partial charge in [0, 0.05) is 18.0 Å². The largest absolute Gasteiger partial charge is 0.237 e. The van der Waals surface area contributed by atoms with E-state index in [0.29, 0.717) is 11.1 Å². The highest BCUT2D eigenvalue weighted by Gasteiger charge is 2.19. The number of hydrogen-bond acceptors (Lipinski definition) is 2. The Balaban J connectivity index is 1.87. The van der Waals surface area contributed by atoms with Crippen LogP contribution < -0.4 is 0 Å². The van der Waals surface area contributed by atoms with Gasteiger partial charge in [0.1, 0.15) is 11.0 Å². The summed E-state index contributed by atoms with van der Waals surface area (Å²) in [6, 6.07) is 8.54. The van der Waals surface area contributed by atoms with Crippen molar-refractivity contribution >= 4 is 11.6 Å². The molecule has 1 aliphatic rings. The van der Waals surface area contributed by atoms with E-state index in [2.05, 4.69) is 37.0 Å². The van der Waals surface area contributed by atoms with Crippen LogP contribution >= 0.6 is 11.6 Å². The molecule has 2 aromatic rings. The van der Waals surface area contributed by atoms with Crippen molar-refractivity contribution < 1.29 is 0 Å². The number of benzene rings is 1. The fraction of sp³-hybridized carbons (Fsp3) is 0.444. The van der Waals surface area contributed by atoms with Gasteiger partial charge in [-0.3, -0.25) is 0 Å². The van der Waals surface area contributed by atoms with Crippen LogP contribution in [0.2, 0.25) is 5.15 Å². The van der Waals surface area contributed by atoms with E-state index < -0.39 is 0 Å². The molecule has 0 atom stereocenters. The predicted octanol–water partition coefficient (Wildman–Crippen LogP) is 5.00. The van der Waals surface area contributed by atoms with E-state index in [0.717, 1.165) is 17.9 Å². The third-order valence-corrected chi connectivity index (χ3v) is 4.37. The topological polar surface area (TPSA) is 25.8 Å². The first-order chi connectivity index (χ1) is 10.1. The summed E-state index contributed by atoms with van der Waals surface area (Å²) in [5.74, 6) is 1.41. The first-order valence-electron chi connectivity index (χ1n) is 7.71. The highest BCUT2D eigenvalue weighted by atomic mass is 35.5. The van der Waals surface area contributed by atoms with Gasteiger partial charge in [-0.2, -0.15) is 0 Å². The van der Waals surface area contributed by atoms with Crippen molar-refractivity contribution in [2.45, 2.75) is 51.9 Å². The molecule has 2 nitrogen and oxygen atoms in total. The summed E-state index contributed by atoms with van der Waals surface area (Å²) < 4.78 is 0.